The molecular weight excluding hydrogens is 440 g/mol. The fourth-order valence-electron chi connectivity index (χ4n) is 4.43. The van der Waals surface area contributed by atoms with Crippen LogP contribution in [0.5, 0.6) is 5.88 Å². The van der Waals surface area contributed by atoms with Crippen molar-refractivity contribution in [1.82, 2.24) is 15.0 Å². The van der Waals surface area contributed by atoms with Crippen molar-refractivity contribution in [3.8, 4) is 5.88 Å². The van der Waals surface area contributed by atoms with Gasteiger partial charge in [-0.2, -0.15) is 4.98 Å². The number of hydrogen-bond donors (Lipinski definition) is 3. The van der Waals surface area contributed by atoms with E-state index in [4.69, 9.17) is 9.97 Å². The molecule has 180 valence electrons. The van der Waals surface area contributed by atoms with Crippen molar-refractivity contribution in [2.45, 2.75) is 56.2 Å². The zero-order chi connectivity index (χ0) is 23.5. The predicted octanol–water partition coefficient (Wildman–Crippen LogP) is 2.17. The Hall–Kier alpha value is -2.30. The lowest BCUT2D eigenvalue weighted by atomic mass is 10.1. The van der Waals surface area contributed by atoms with Crippen molar-refractivity contribution in [1.29, 1.82) is 0 Å². The molecule has 33 heavy (non-hydrogen) atoms. The van der Waals surface area contributed by atoms with Crippen LogP contribution < -0.4 is 15.1 Å². The van der Waals surface area contributed by atoms with Crippen LogP contribution in [0.3, 0.4) is 0 Å². The zero-order valence-electron chi connectivity index (χ0n) is 19.6. The Kier molecular flexibility index (Phi) is 7.45. The van der Waals surface area contributed by atoms with E-state index in [-0.39, 0.29) is 29.7 Å². The van der Waals surface area contributed by atoms with Crippen molar-refractivity contribution >= 4 is 28.6 Å². The molecule has 0 aliphatic carbocycles. The van der Waals surface area contributed by atoms with E-state index >= 15 is 0 Å². The molecular formula is C23H34N6O3S. The molecule has 4 rings (SSSR count). The number of piperazine rings is 1. The molecule has 0 bridgehead atoms. The summed E-state index contributed by atoms with van der Waals surface area (Å²) in [6.07, 6.45) is 4.17. The first-order valence-electron chi connectivity index (χ1n) is 11.7. The second kappa shape index (κ2) is 10.3. The van der Waals surface area contributed by atoms with Gasteiger partial charge in [0.2, 0.25) is 16.7 Å². The number of aliphatic hydroxyl groups is 1. The summed E-state index contributed by atoms with van der Waals surface area (Å²) in [5, 5.41) is 23.0. The minimum atomic E-state index is -1.15. The summed E-state index contributed by atoms with van der Waals surface area (Å²) < 4.78 is 13.2. The fraction of sp³-hybridized carbons (Fsp3) is 0.609. The quantitative estimate of drug-likeness (QED) is 0.494. The molecule has 3 N–H and O–H groups in total. The maximum atomic E-state index is 13.2. The van der Waals surface area contributed by atoms with Crippen LogP contribution >= 0.6 is 0 Å². The Labute approximate surface area is 198 Å². The Bertz CT molecular complexity index is 954. The lowest BCUT2D eigenvalue weighted by molar-refractivity contribution is 0.248. The van der Waals surface area contributed by atoms with Crippen molar-refractivity contribution in [2.24, 2.45) is 5.92 Å². The minimum absolute atomic E-state index is 0.0193. The Morgan fingerprint density at radius 2 is 1.94 bits per heavy atom. The molecule has 0 radical (unpaired) electrons. The average molecular weight is 475 g/mol. The van der Waals surface area contributed by atoms with Gasteiger partial charge in [-0.15, -0.1) is 0 Å². The molecule has 1 saturated heterocycles. The SMILES string of the molecule is CCCC1Cc2nc(N3CCN(c4ccnc(O)c4)CC3)nc(NC(CO)C(C)C)c2[S+]1[O-]. The molecule has 4 heterocycles. The van der Waals surface area contributed by atoms with Crippen LogP contribution in [0.25, 0.3) is 0 Å². The summed E-state index contributed by atoms with van der Waals surface area (Å²) in [5.74, 6) is 1.46. The van der Waals surface area contributed by atoms with Crippen molar-refractivity contribution in [3.63, 3.8) is 0 Å². The summed E-state index contributed by atoms with van der Waals surface area (Å²) in [5.41, 5.74) is 1.81. The van der Waals surface area contributed by atoms with Gasteiger partial charge in [0.1, 0.15) is 10.9 Å². The zero-order valence-corrected chi connectivity index (χ0v) is 20.4. The van der Waals surface area contributed by atoms with E-state index in [9.17, 15) is 14.8 Å². The fourth-order valence-corrected chi connectivity index (χ4v) is 6.18. The number of anilines is 3. The number of hydrogen-bond acceptors (Lipinski definition) is 9. The van der Waals surface area contributed by atoms with Gasteiger partial charge in [0.05, 0.1) is 12.6 Å². The van der Waals surface area contributed by atoms with Gasteiger partial charge in [0.25, 0.3) is 0 Å². The lowest BCUT2D eigenvalue weighted by Crippen LogP contribution is -2.47. The molecule has 10 heteroatoms. The van der Waals surface area contributed by atoms with Crippen LogP contribution in [-0.4, -0.2) is 73.8 Å². The van der Waals surface area contributed by atoms with Gasteiger partial charge >= 0.3 is 0 Å². The third kappa shape index (κ3) is 5.12. The van der Waals surface area contributed by atoms with Crippen molar-refractivity contribution in [2.75, 3.05) is 47.9 Å². The second-order valence-corrected chi connectivity index (χ2v) is 10.8. The highest BCUT2D eigenvalue weighted by atomic mass is 32.2. The molecule has 1 fully saturated rings. The maximum Gasteiger partial charge on any atom is 0.228 e. The highest BCUT2D eigenvalue weighted by Gasteiger charge is 2.41. The molecule has 2 aliphatic heterocycles. The van der Waals surface area contributed by atoms with Crippen LogP contribution in [0.2, 0.25) is 0 Å². The standard InChI is InChI=1S/C23H34N6O3S/c1-4-5-17-13-18-21(33(17)32)22(25-19(14-30)15(2)3)27-23(26-18)29-10-8-28(9-11-29)16-6-7-24-20(31)12-16/h6-7,12,15,17,19,30H,4-5,8-11,13-14H2,1-3H3,(H,24,31)(H,25,26,27). The topological polar surface area (TPSA) is 121 Å². The molecule has 9 nitrogen and oxygen atoms in total. The molecule has 0 spiro atoms. The third-order valence-electron chi connectivity index (χ3n) is 6.44. The van der Waals surface area contributed by atoms with Gasteiger partial charge < -0.3 is 29.9 Å². The average Bonchev–Trinajstić information content (AvgIpc) is 3.12. The van der Waals surface area contributed by atoms with Gasteiger partial charge in [0.15, 0.2) is 5.82 Å². The van der Waals surface area contributed by atoms with Crippen LogP contribution in [0, 0.1) is 5.92 Å². The van der Waals surface area contributed by atoms with Gasteiger partial charge in [-0.1, -0.05) is 27.2 Å². The summed E-state index contributed by atoms with van der Waals surface area (Å²) in [6, 6.07) is 3.40. The normalized spacial score (nSPS) is 21.4. The lowest BCUT2D eigenvalue weighted by Gasteiger charge is -2.36. The number of aliphatic hydroxyl groups excluding tert-OH is 1. The molecule has 2 aromatic rings. The van der Waals surface area contributed by atoms with E-state index in [1.165, 1.54) is 0 Å². The summed E-state index contributed by atoms with van der Waals surface area (Å²) in [7, 11) is 0. The van der Waals surface area contributed by atoms with Gasteiger partial charge in [-0.25, -0.2) is 9.97 Å². The number of nitrogens with zero attached hydrogens (tertiary/aromatic N) is 5. The van der Waals surface area contributed by atoms with E-state index in [1.54, 1.807) is 12.3 Å². The smallest absolute Gasteiger partial charge is 0.228 e. The predicted molar refractivity (Wildman–Crippen MR) is 131 cm³/mol. The van der Waals surface area contributed by atoms with E-state index in [0.717, 1.165) is 50.4 Å². The number of pyridine rings is 1. The maximum absolute atomic E-state index is 13.2. The van der Waals surface area contributed by atoms with Crippen LogP contribution in [0.15, 0.2) is 23.2 Å². The van der Waals surface area contributed by atoms with E-state index in [0.29, 0.717) is 23.1 Å². The molecule has 3 unspecified atom stereocenters. The minimum Gasteiger partial charge on any atom is -0.611 e. The first-order valence-corrected chi connectivity index (χ1v) is 13.0. The Morgan fingerprint density at radius 1 is 1.21 bits per heavy atom. The van der Waals surface area contributed by atoms with Crippen molar-refractivity contribution in [3.05, 3.63) is 24.0 Å². The van der Waals surface area contributed by atoms with Crippen LogP contribution in [-0.2, 0) is 17.6 Å². The first-order chi connectivity index (χ1) is 15.9. The number of rotatable bonds is 8. The van der Waals surface area contributed by atoms with E-state index in [1.807, 2.05) is 19.9 Å². The number of fused-ring (bicyclic) bond motifs is 1. The molecule has 0 aromatic carbocycles. The highest BCUT2D eigenvalue weighted by molar-refractivity contribution is 7.92. The van der Waals surface area contributed by atoms with Crippen LogP contribution in [0.4, 0.5) is 17.5 Å². The molecule has 2 aromatic heterocycles. The number of aromatic nitrogens is 3. The van der Waals surface area contributed by atoms with Gasteiger partial charge in [-0.3, -0.25) is 0 Å². The Morgan fingerprint density at radius 3 is 2.58 bits per heavy atom. The molecule has 0 saturated carbocycles. The summed E-state index contributed by atoms with van der Waals surface area (Å²) in [6.45, 7) is 9.18. The molecule has 0 amide bonds. The first kappa shape index (κ1) is 23.8. The second-order valence-electron chi connectivity index (χ2n) is 9.08. The van der Waals surface area contributed by atoms with Gasteiger partial charge in [-0.05, 0) is 29.6 Å². The van der Waals surface area contributed by atoms with Gasteiger partial charge in [0, 0.05) is 50.6 Å². The summed E-state index contributed by atoms with van der Waals surface area (Å²) >= 11 is -1.15. The van der Waals surface area contributed by atoms with E-state index < -0.39 is 11.2 Å². The van der Waals surface area contributed by atoms with Crippen LogP contribution in [0.1, 0.15) is 39.3 Å². The number of nitrogens with one attached hydrogen (secondary N) is 1. The van der Waals surface area contributed by atoms with Crippen molar-refractivity contribution < 1.29 is 14.8 Å². The third-order valence-corrected chi connectivity index (χ3v) is 8.28. The monoisotopic (exact) mass is 474 g/mol. The Balaban J connectivity index is 1.58. The van der Waals surface area contributed by atoms with E-state index in [2.05, 4.69) is 27.0 Å². The summed E-state index contributed by atoms with van der Waals surface area (Å²) in [4.78, 5) is 18.6. The molecule has 2 aliphatic rings. The highest BCUT2D eigenvalue weighted by Crippen LogP contribution is 2.38. The molecule has 3 atom stereocenters. The largest absolute Gasteiger partial charge is 0.611 e. The number of aromatic hydroxyl groups is 1.